The third-order valence-electron chi connectivity index (χ3n) is 5.54. The molecule has 13 heteroatoms. The zero-order valence-corrected chi connectivity index (χ0v) is 25.8. The average Bonchev–Trinajstić information content (AvgIpc) is 3.32. The Balaban J connectivity index is 0.000000688. The molecule has 0 aliphatic rings. The molecular weight excluding hydrogens is 730 g/mol. The minimum Gasteiger partial charge on any atom is -1.00 e. The average molecular weight is 759 g/mol. The molecule has 0 spiro atoms. The molecule has 39 heavy (non-hydrogen) atoms. The summed E-state index contributed by atoms with van der Waals surface area (Å²) in [5, 5.41) is 28.2. The number of esters is 2. The number of phenols is 2. The molecule has 2 aromatic heterocycles. The van der Waals surface area contributed by atoms with E-state index in [1.54, 1.807) is 85.8 Å². The first-order valence-electron chi connectivity index (χ1n) is 10.9. The van der Waals surface area contributed by atoms with Crippen molar-refractivity contribution in [2.75, 3.05) is 14.2 Å². The number of carbonyl (C=O) groups is 2. The molecule has 0 bridgehead atoms. The van der Waals surface area contributed by atoms with Crippen LogP contribution in [0.25, 0.3) is 22.5 Å². The monoisotopic (exact) mass is 757 g/mol. The van der Waals surface area contributed by atoms with Crippen LogP contribution in [-0.4, -0.2) is 55.9 Å². The summed E-state index contributed by atoms with van der Waals surface area (Å²) in [6.07, 6.45) is 0. The van der Waals surface area contributed by atoms with E-state index in [2.05, 4.69) is 10.2 Å². The summed E-state index contributed by atoms with van der Waals surface area (Å²) >= 11 is 0. The molecule has 0 aliphatic carbocycles. The third-order valence-corrected chi connectivity index (χ3v) is 5.54. The first-order valence-corrected chi connectivity index (χ1v) is 10.9. The summed E-state index contributed by atoms with van der Waals surface area (Å²) in [5.74, 6) is -0.714. The van der Waals surface area contributed by atoms with Crippen molar-refractivity contribution in [2.24, 2.45) is 14.1 Å². The first kappa shape index (κ1) is 35.7. The number of benzene rings is 2. The number of para-hydroxylation sites is 2. The van der Waals surface area contributed by atoms with Crippen molar-refractivity contribution >= 4 is 11.9 Å². The Morgan fingerprint density at radius 2 is 1.00 bits per heavy atom. The van der Waals surface area contributed by atoms with Gasteiger partial charge in [-0.15, -0.1) is 0 Å². The second kappa shape index (κ2) is 15.3. The number of nitrogens with zero attached hydrogens (tertiary/aromatic N) is 4. The fourth-order valence-corrected chi connectivity index (χ4v) is 3.97. The van der Waals surface area contributed by atoms with E-state index in [0.29, 0.717) is 45.0 Å². The number of halogens is 2. The zero-order valence-electron chi connectivity index (χ0n) is 22.0. The van der Waals surface area contributed by atoms with Crippen LogP contribution in [0.4, 0.5) is 0 Å². The van der Waals surface area contributed by atoms with Crippen LogP contribution < -0.4 is 24.8 Å². The van der Waals surface area contributed by atoms with Gasteiger partial charge in [-0.05, 0) is 38.1 Å². The minimum absolute atomic E-state index is 0. The van der Waals surface area contributed by atoms with Crippen molar-refractivity contribution in [1.29, 1.82) is 0 Å². The number of aromatic nitrogens is 4. The zero-order chi connectivity index (χ0) is 26.6. The maximum Gasteiger partial charge on any atom is 2.00 e. The van der Waals surface area contributed by atoms with Gasteiger partial charge >= 0.3 is 33.0 Å². The van der Waals surface area contributed by atoms with Crippen molar-refractivity contribution in [1.82, 2.24) is 19.6 Å². The molecule has 2 aromatic carbocycles. The fraction of sp³-hybridized carbons (Fsp3) is 0.231. The van der Waals surface area contributed by atoms with E-state index in [1.165, 1.54) is 14.2 Å². The van der Waals surface area contributed by atoms with E-state index >= 15 is 0 Å². The molecule has 2 N–H and O–H groups in total. The standard InChI is InChI=1S/2C13H14N2O3.2ClH.Pt/c2*1-8-11(13(17)18-3)12(15(2)14-8)9-6-4-5-7-10(9)16;;;/h2*4-7,16H,1-3H3;2*1H;/q;;;;+2/p-2. The summed E-state index contributed by atoms with van der Waals surface area (Å²) in [4.78, 5) is 23.6. The smallest absolute Gasteiger partial charge is 1.00 e. The number of aryl methyl sites for hydroxylation is 4. The number of phenolic OH excluding ortho intramolecular Hbond substituents is 2. The Labute approximate surface area is 253 Å². The van der Waals surface area contributed by atoms with Gasteiger partial charge in [-0.2, -0.15) is 10.2 Å². The summed E-state index contributed by atoms with van der Waals surface area (Å²) in [5.41, 5.74) is 4.12. The molecule has 0 unspecified atom stereocenters. The number of rotatable bonds is 4. The molecular formula is C26H28Cl2N4O6Pt. The van der Waals surface area contributed by atoms with Gasteiger partial charge < -0.3 is 44.5 Å². The van der Waals surface area contributed by atoms with Crippen LogP contribution in [0.2, 0.25) is 0 Å². The molecule has 4 rings (SSSR count). The summed E-state index contributed by atoms with van der Waals surface area (Å²) in [6, 6.07) is 13.6. The molecule has 0 atom stereocenters. The van der Waals surface area contributed by atoms with Gasteiger partial charge in [0.25, 0.3) is 0 Å². The van der Waals surface area contributed by atoms with Gasteiger partial charge in [0.2, 0.25) is 0 Å². The van der Waals surface area contributed by atoms with E-state index in [4.69, 9.17) is 9.47 Å². The van der Waals surface area contributed by atoms with Crippen LogP contribution in [0.3, 0.4) is 0 Å². The minimum atomic E-state index is -0.459. The second-order valence-electron chi connectivity index (χ2n) is 7.88. The molecule has 0 saturated carbocycles. The predicted molar refractivity (Wildman–Crippen MR) is 133 cm³/mol. The third kappa shape index (κ3) is 7.41. The van der Waals surface area contributed by atoms with Gasteiger partial charge in [-0.1, -0.05) is 24.3 Å². The molecule has 0 fully saturated rings. The van der Waals surface area contributed by atoms with Crippen LogP contribution in [0.1, 0.15) is 32.1 Å². The van der Waals surface area contributed by atoms with Crippen molar-refractivity contribution in [2.45, 2.75) is 13.8 Å². The number of carbonyl (C=O) groups excluding carboxylic acids is 2. The van der Waals surface area contributed by atoms with Gasteiger partial charge in [0.1, 0.15) is 22.6 Å². The summed E-state index contributed by atoms with van der Waals surface area (Å²) in [6.45, 7) is 3.46. The fourth-order valence-electron chi connectivity index (χ4n) is 3.97. The van der Waals surface area contributed by atoms with E-state index in [1.807, 2.05) is 0 Å². The van der Waals surface area contributed by atoms with Crippen molar-refractivity contribution < 1.29 is 75.2 Å². The Kier molecular flexibility index (Phi) is 14.0. The Morgan fingerprint density at radius 1 is 0.692 bits per heavy atom. The molecule has 4 aromatic rings. The van der Waals surface area contributed by atoms with Gasteiger partial charge in [0.15, 0.2) is 0 Å². The molecule has 2 heterocycles. The summed E-state index contributed by atoms with van der Waals surface area (Å²) < 4.78 is 12.6. The molecule has 212 valence electrons. The van der Waals surface area contributed by atoms with Gasteiger partial charge in [0.05, 0.1) is 37.0 Å². The van der Waals surface area contributed by atoms with Crippen LogP contribution >= 0.6 is 0 Å². The van der Waals surface area contributed by atoms with Crippen molar-refractivity contribution in [3.8, 4) is 34.0 Å². The number of aromatic hydroxyl groups is 2. The van der Waals surface area contributed by atoms with E-state index in [9.17, 15) is 19.8 Å². The number of ether oxygens (including phenoxy) is 2. The molecule has 10 nitrogen and oxygen atoms in total. The number of hydrogen-bond donors (Lipinski definition) is 2. The molecule has 0 amide bonds. The number of methoxy groups -OCH3 is 2. The normalized spacial score (nSPS) is 9.59. The molecule has 0 radical (unpaired) electrons. The van der Waals surface area contributed by atoms with Gasteiger partial charge in [-0.25, -0.2) is 9.59 Å². The second-order valence-corrected chi connectivity index (χ2v) is 7.88. The predicted octanol–water partition coefficient (Wildman–Crippen LogP) is -2.22. The maximum atomic E-state index is 11.8. The molecule has 0 saturated heterocycles. The topological polar surface area (TPSA) is 129 Å². The van der Waals surface area contributed by atoms with E-state index in [-0.39, 0.29) is 57.4 Å². The van der Waals surface area contributed by atoms with Crippen molar-refractivity contribution in [3.05, 3.63) is 71.0 Å². The van der Waals surface area contributed by atoms with Crippen LogP contribution in [0, 0.1) is 13.8 Å². The van der Waals surface area contributed by atoms with E-state index in [0.717, 1.165) is 0 Å². The number of hydrogen-bond acceptors (Lipinski definition) is 8. The van der Waals surface area contributed by atoms with Crippen LogP contribution in [0.5, 0.6) is 11.5 Å². The van der Waals surface area contributed by atoms with E-state index < -0.39 is 11.9 Å². The van der Waals surface area contributed by atoms with Crippen LogP contribution in [-0.2, 0) is 44.6 Å². The van der Waals surface area contributed by atoms with Gasteiger partial charge in [-0.3, -0.25) is 9.36 Å². The van der Waals surface area contributed by atoms with Crippen molar-refractivity contribution in [3.63, 3.8) is 0 Å². The maximum absolute atomic E-state index is 11.8. The Bertz CT molecular complexity index is 1330. The van der Waals surface area contributed by atoms with Crippen LogP contribution in [0.15, 0.2) is 48.5 Å². The quantitative estimate of drug-likeness (QED) is 0.225. The Hall–Kier alpha value is -3.33. The first-order chi connectivity index (χ1) is 17.1. The molecule has 0 aliphatic heterocycles. The van der Waals surface area contributed by atoms with Gasteiger partial charge in [0, 0.05) is 25.2 Å². The Morgan fingerprint density at radius 3 is 1.28 bits per heavy atom. The SMILES string of the molecule is COC(=O)c1c(C)nn(C)c1-c1ccccc1O.COC(=O)c1c(C)nn(C)c1-c1ccccc1O.[Cl-].[Cl-].[Pt+2]. The largest absolute Gasteiger partial charge is 2.00 e. The summed E-state index contributed by atoms with van der Waals surface area (Å²) in [7, 11) is 6.09.